The van der Waals surface area contributed by atoms with Gasteiger partial charge < -0.3 is 10.5 Å². The summed E-state index contributed by atoms with van der Waals surface area (Å²) >= 11 is 1.64. The normalized spacial score (nSPS) is 20.7. The van der Waals surface area contributed by atoms with Gasteiger partial charge in [0.15, 0.2) is 0 Å². The van der Waals surface area contributed by atoms with Crippen molar-refractivity contribution in [2.45, 2.75) is 42.8 Å². The van der Waals surface area contributed by atoms with E-state index in [0.29, 0.717) is 18.0 Å². The smallest absolute Gasteiger partial charge is 0.123 e. The molecule has 132 valence electrons. The van der Waals surface area contributed by atoms with Crippen LogP contribution in [0, 0.1) is 0 Å². The van der Waals surface area contributed by atoms with Crippen LogP contribution >= 0.6 is 11.9 Å². The van der Waals surface area contributed by atoms with Gasteiger partial charge in [-0.3, -0.25) is 9.62 Å². The molecule has 0 bridgehead atoms. The predicted molar refractivity (Wildman–Crippen MR) is 101 cm³/mol. The Balaban J connectivity index is 1.22. The van der Waals surface area contributed by atoms with Crippen molar-refractivity contribution >= 4 is 17.8 Å². The molecule has 1 aromatic heterocycles. The molecule has 6 heteroatoms. The monoisotopic (exact) mass is 356 g/mol. The van der Waals surface area contributed by atoms with E-state index < -0.39 is 0 Å². The summed E-state index contributed by atoms with van der Waals surface area (Å²) < 4.78 is 9.35. The molecule has 2 aliphatic rings. The van der Waals surface area contributed by atoms with E-state index in [4.69, 9.17) is 10.5 Å². The Hall–Kier alpha value is -1.76. The van der Waals surface area contributed by atoms with Gasteiger partial charge in [0.25, 0.3) is 0 Å². The van der Waals surface area contributed by atoms with Crippen LogP contribution in [0.25, 0.3) is 0 Å². The standard InChI is InChI=1S/C19H24N4OS/c20-19-8-7-18(11-21-19)25-22-15-9-10-23(13-15)12-14-1-3-16(4-2-14)24-17-5-6-17/h1-4,7-8,11,15,17,22H,5-6,9-10,12-13H2,(H2,20,21). The van der Waals surface area contributed by atoms with Crippen LogP contribution in [0.15, 0.2) is 47.5 Å². The number of likely N-dealkylation sites (tertiary alicyclic amines) is 1. The highest BCUT2D eigenvalue weighted by Crippen LogP contribution is 2.27. The number of benzene rings is 1. The third-order valence-corrected chi connectivity index (χ3v) is 5.46. The lowest BCUT2D eigenvalue weighted by molar-refractivity contribution is 0.302. The minimum Gasteiger partial charge on any atom is -0.490 e. The summed E-state index contributed by atoms with van der Waals surface area (Å²) in [7, 11) is 0. The van der Waals surface area contributed by atoms with E-state index in [1.54, 1.807) is 11.9 Å². The average molecular weight is 356 g/mol. The molecule has 3 N–H and O–H groups in total. The van der Waals surface area contributed by atoms with Gasteiger partial charge >= 0.3 is 0 Å². The molecule has 2 heterocycles. The van der Waals surface area contributed by atoms with E-state index in [1.165, 1.54) is 18.4 Å². The second-order valence-corrected chi connectivity index (χ2v) is 7.73. The van der Waals surface area contributed by atoms with Gasteiger partial charge in [-0.15, -0.1) is 0 Å². The average Bonchev–Trinajstić information content (AvgIpc) is 3.33. The Kier molecular flexibility index (Phi) is 5.10. The summed E-state index contributed by atoms with van der Waals surface area (Å²) in [5.74, 6) is 1.56. The van der Waals surface area contributed by atoms with Crippen molar-refractivity contribution in [3.8, 4) is 5.75 Å². The molecule has 1 unspecified atom stereocenters. The zero-order chi connectivity index (χ0) is 17.1. The maximum absolute atomic E-state index is 5.81. The molecule has 0 radical (unpaired) electrons. The molecule has 25 heavy (non-hydrogen) atoms. The summed E-state index contributed by atoms with van der Waals surface area (Å²) in [6, 6.07) is 12.9. The van der Waals surface area contributed by atoms with Gasteiger partial charge in [0.05, 0.1) is 6.10 Å². The first-order chi connectivity index (χ1) is 12.2. The maximum atomic E-state index is 5.81. The third kappa shape index (κ3) is 4.87. The number of nitrogens with zero attached hydrogens (tertiary/aromatic N) is 2. The van der Waals surface area contributed by atoms with E-state index in [1.807, 2.05) is 18.3 Å². The topological polar surface area (TPSA) is 63.4 Å². The van der Waals surface area contributed by atoms with Crippen LogP contribution < -0.4 is 15.2 Å². The molecule has 1 aliphatic carbocycles. The van der Waals surface area contributed by atoms with Gasteiger partial charge in [-0.1, -0.05) is 12.1 Å². The van der Waals surface area contributed by atoms with Crippen LogP contribution in [-0.4, -0.2) is 35.1 Å². The Morgan fingerprint density at radius 1 is 1.16 bits per heavy atom. The molecular formula is C19H24N4OS. The van der Waals surface area contributed by atoms with E-state index >= 15 is 0 Å². The largest absolute Gasteiger partial charge is 0.490 e. The first kappa shape index (κ1) is 16.7. The minimum atomic E-state index is 0.463. The molecule has 4 rings (SSSR count). The zero-order valence-corrected chi connectivity index (χ0v) is 15.0. The van der Waals surface area contributed by atoms with Gasteiger partial charge in [0.1, 0.15) is 11.6 Å². The molecule has 5 nitrogen and oxygen atoms in total. The predicted octanol–water partition coefficient (Wildman–Crippen LogP) is 3.08. The fourth-order valence-corrected chi connectivity index (χ4v) is 3.72. The molecule has 1 saturated heterocycles. The van der Waals surface area contributed by atoms with E-state index in [-0.39, 0.29) is 0 Å². The summed E-state index contributed by atoms with van der Waals surface area (Å²) in [5.41, 5.74) is 6.96. The molecule has 2 aromatic rings. The number of hydrogen-bond donors (Lipinski definition) is 2. The lowest BCUT2D eigenvalue weighted by Crippen LogP contribution is -2.28. The number of nitrogens with one attached hydrogen (secondary N) is 1. The second kappa shape index (κ2) is 7.64. The number of aromatic nitrogens is 1. The second-order valence-electron chi connectivity index (χ2n) is 6.82. The highest BCUT2D eigenvalue weighted by atomic mass is 32.2. The quantitative estimate of drug-likeness (QED) is 0.744. The molecule has 1 aliphatic heterocycles. The van der Waals surface area contributed by atoms with Gasteiger partial charge in [-0.25, -0.2) is 4.98 Å². The van der Waals surface area contributed by atoms with Crippen LogP contribution in [0.4, 0.5) is 5.82 Å². The molecule has 0 spiro atoms. The number of pyridine rings is 1. The third-order valence-electron chi connectivity index (χ3n) is 4.53. The van der Waals surface area contributed by atoms with Gasteiger partial charge in [0, 0.05) is 36.8 Å². The first-order valence-corrected chi connectivity index (χ1v) is 9.68. The fourth-order valence-electron chi connectivity index (χ4n) is 2.99. The van der Waals surface area contributed by atoms with Crippen molar-refractivity contribution in [2.24, 2.45) is 0 Å². The molecular weight excluding hydrogens is 332 g/mol. The van der Waals surface area contributed by atoms with Crippen LogP contribution in [0.3, 0.4) is 0 Å². The fraction of sp³-hybridized carbons (Fsp3) is 0.421. The minimum absolute atomic E-state index is 0.463. The van der Waals surface area contributed by atoms with Crippen LogP contribution in [0.5, 0.6) is 5.75 Å². The Morgan fingerprint density at radius 3 is 2.72 bits per heavy atom. The van der Waals surface area contributed by atoms with Gasteiger partial charge in [-0.05, 0) is 61.0 Å². The first-order valence-electron chi connectivity index (χ1n) is 8.86. The Labute approximate surface area is 153 Å². The summed E-state index contributed by atoms with van der Waals surface area (Å²) in [5, 5.41) is 0. The van der Waals surface area contributed by atoms with Crippen molar-refractivity contribution < 1.29 is 4.74 Å². The number of hydrogen-bond acceptors (Lipinski definition) is 6. The lowest BCUT2D eigenvalue weighted by atomic mass is 10.2. The molecule has 0 amide bonds. The van der Waals surface area contributed by atoms with Crippen LogP contribution in [-0.2, 0) is 6.54 Å². The van der Waals surface area contributed by atoms with Crippen molar-refractivity contribution in [3.63, 3.8) is 0 Å². The van der Waals surface area contributed by atoms with E-state index in [2.05, 4.69) is 38.9 Å². The number of anilines is 1. The van der Waals surface area contributed by atoms with Crippen molar-refractivity contribution in [3.05, 3.63) is 48.2 Å². The maximum Gasteiger partial charge on any atom is 0.123 e. The molecule has 1 atom stereocenters. The summed E-state index contributed by atoms with van der Waals surface area (Å²) in [6.07, 6.45) is 5.84. The van der Waals surface area contributed by atoms with Crippen molar-refractivity contribution in [1.82, 2.24) is 14.6 Å². The number of nitrogen functional groups attached to an aromatic ring is 1. The molecule has 1 saturated carbocycles. The van der Waals surface area contributed by atoms with Gasteiger partial charge in [-0.2, -0.15) is 0 Å². The van der Waals surface area contributed by atoms with Crippen LogP contribution in [0.2, 0.25) is 0 Å². The van der Waals surface area contributed by atoms with Crippen molar-refractivity contribution in [1.29, 1.82) is 0 Å². The number of rotatable bonds is 7. The lowest BCUT2D eigenvalue weighted by Gasteiger charge is -2.17. The van der Waals surface area contributed by atoms with E-state index in [9.17, 15) is 0 Å². The highest BCUT2D eigenvalue weighted by Gasteiger charge is 2.24. The Morgan fingerprint density at radius 2 is 2.00 bits per heavy atom. The van der Waals surface area contributed by atoms with Crippen molar-refractivity contribution in [2.75, 3.05) is 18.8 Å². The van der Waals surface area contributed by atoms with Gasteiger partial charge in [0.2, 0.25) is 0 Å². The summed E-state index contributed by atoms with van der Waals surface area (Å²) in [4.78, 5) is 7.71. The summed E-state index contributed by atoms with van der Waals surface area (Å²) in [6.45, 7) is 3.18. The number of nitrogens with two attached hydrogens (primary N) is 1. The highest BCUT2D eigenvalue weighted by molar-refractivity contribution is 7.97. The Bertz CT molecular complexity index is 688. The SMILES string of the molecule is Nc1ccc(SNC2CCN(Cc3ccc(OC4CC4)cc3)C2)cn1. The molecule has 2 fully saturated rings. The zero-order valence-electron chi connectivity index (χ0n) is 14.2. The van der Waals surface area contributed by atoms with E-state index in [0.717, 1.165) is 36.7 Å². The number of ether oxygens (including phenoxy) is 1. The van der Waals surface area contributed by atoms with Crippen LogP contribution in [0.1, 0.15) is 24.8 Å². The molecule has 1 aromatic carbocycles.